The lowest BCUT2D eigenvalue weighted by Crippen LogP contribution is -2.43. The molecule has 0 bridgehead atoms. The minimum Gasteiger partial charge on any atom is -0.291 e. The highest BCUT2D eigenvalue weighted by Gasteiger charge is 2.36. The maximum atomic E-state index is 13.4. The van der Waals surface area contributed by atoms with Gasteiger partial charge >= 0.3 is 0 Å². The van der Waals surface area contributed by atoms with Gasteiger partial charge in [0.05, 0.1) is 17.0 Å². The second kappa shape index (κ2) is 6.51. The predicted octanol–water partition coefficient (Wildman–Crippen LogP) is 1.66. The molecule has 134 valence electrons. The Morgan fingerprint density at radius 3 is 2.88 bits per heavy atom. The maximum absolute atomic E-state index is 13.4. The number of hydrogen-bond acceptors (Lipinski definition) is 4. The minimum atomic E-state index is -3.21. The van der Waals surface area contributed by atoms with Crippen molar-refractivity contribution in [2.75, 3.05) is 13.1 Å². The van der Waals surface area contributed by atoms with Gasteiger partial charge in [0.15, 0.2) is 0 Å². The van der Waals surface area contributed by atoms with Crippen molar-refractivity contribution in [2.45, 2.75) is 37.2 Å². The average molecular weight is 364 g/mol. The quantitative estimate of drug-likeness (QED) is 0.847. The molecule has 0 unspecified atom stereocenters. The molecule has 4 rings (SSSR count). The zero-order valence-corrected chi connectivity index (χ0v) is 14.6. The Balaban J connectivity index is 1.47. The van der Waals surface area contributed by atoms with Crippen molar-refractivity contribution in [1.82, 2.24) is 19.4 Å². The third-order valence-electron chi connectivity index (χ3n) is 4.73. The summed E-state index contributed by atoms with van der Waals surface area (Å²) in [6, 6.07) is 8.46. The van der Waals surface area contributed by atoms with E-state index in [1.165, 1.54) is 12.1 Å². The van der Waals surface area contributed by atoms with Gasteiger partial charge in [-0.1, -0.05) is 12.1 Å². The monoisotopic (exact) mass is 364 g/mol. The summed E-state index contributed by atoms with van der Waals surface area (Å²) in [5.41, 5.74) is 1.95. The summed E-state index contributed by atoms with van der Waals surface area (Å²) in [6.45, 7) is 2.32. The van der Waals surface area contributed by atoms with Gasteiger partial charge in [-0.05, 0) is 36.6 Å². The number of hydrogen-bond donors (Lipinski definition) is 1. The lowest BCUT2D eigenvalue weighted by molar-refractivity contribution is 0.168. The molecule has 0 spiro atoms. The van der Waals surface area contributed by atoms with Gasteiger partial charge in [0, 0.05) is 32.4 Å². The molecule has 0 saturated heterocycles. The topological polar surface area (TPSA) is 67.2 Å². The van der Waals surface area contributed by atoms with Gasteiger partial charge in [-0.3, -0.25) is 9.58 Å². The molecule has 1 N–H and O–H groups in total. The highest BCUT2D eigenvalue weighted by molar-refractivity contribution is 7.90. The zero-order chi connectivity index (χ0) is 17.4. The van der Waals surface area contributed by atoms with Gasteiger partial charge in [0.25, 0.3) is 0 Å². The van der Waals surface area contributed by atoms with E-state index in [4.69, 9.17) is 0 Å². The highest BCUT2D eigenvalue weighted by Crippen LogP contribution is 2.28. The Hall–Kier alpha value is -1.77. The zero-order valence-electron chi connectivity index (χ0n) is 13.8. The molecule has 2 aliphatic rings. The molecule has 1 aromatic carbocycles. The first-order valence-electron chi connectivity index (χ1n) is 8.49. The third kappa shape index (κ3) is 3.75. The predicted molar refractivity (Wildman–Crippen MR) is 91.7 cm³/mol. The van der Waals surface area contributed by atoms with Crippen LogP contribution in [-0.2, 0) is 23.1 Å². The van der Waals surface area contributed by atoms with E-state index in [0.29, 0.717) is 26.2 Å². The van der Waals surface area contributed by atoms with E-state index in [9.17, 15) is 12.8 Å². The van der Waals surface area contributed by atoms with Crippen LogP contribution >= 0.6 is 0 Å². The first kappa shape index (κ1) is 16.7. The van der Waals surface area contributed by atoms with E-state index in [0.717, 1.165) is 24.1 Å². The van der Waals surface area contributed by atoms with Crippen LogP contribution in [0.4, 0.5) is 4.39 Å². The van der Waals surface area contributed by atoms with E-state index in [1.807, 2.05) is 16.8 Å². The fourth-order valence-electron chi connectivity index (χ4n) is 3.34. The van der Waals surface area contributed by atoms with Crippen LogP contribution in [0.2, 0.25) is 0 Å². The van der Waals surface area contributed by atoms with E-state index >= 15 is 0 Å². The SMILES string of the molecule is O=S(=O)(NC[C@H]1CN(Cc2cccc(F)c2)Cc2ccnn21)C1CC1. The van der Waals surface area contributed by atoms with Crippen LogP contribution in [0.5, 0.6) is 0 Å². The highest BCUT2D eigenvalue weighted by atomic mass is 32.2. The summed E-state index contributed by atoms with van der Waals surface area (Å²) in [6.07, 6.45) is 3.24. The standard InChI is InChI=1S/C17H21FN4O2S/c18-14-3-1-2-13(8-14)10-21-11-15-6-7-19-22(15)16(12-21)9-20-25(23,24)17-4-5-17/h1-3,6-8,16-17,20H,4-5,9-12H2/t16-/m0/s1. The van der Waals surface area contributed by atoms with Crippen LogP contribution in [0.25, 0.3) is 0 Å². The van der Waals surface area contributed by atoms with Crippen LogP contribution in [-0.4, -0.2) is 41.4 Å². The minimum absolute atomic E-state index is 0.0687. The second-order valence-corrected chi connectivity index (χ2v) is 8.86. The number of fused-ring (bicyclic) bond motifs is 1. The van der Waals surface area contributed by atoms with Crippen molar-refractivity contribution in [3.8, 4) is 0 Å². The molecule has 2 heterocycles. The number of sulfonamides is 1. The Kier molecular flexibility index (Phi) is 4.35. The van der Waals surface area contributed by atoms with Gasteiger partial charge in [0.2, 0.25) is 10.0 Å². The Morgan fingerprint density at radius 2 is 2.12 bits per heavy atom. The van der Waals surface area contributed by atoms with Gasteiger partial charge in [-0.2, -0.15) is 5.10 Å². The van der Waals surface area contributed by atoms with Crippen molar-refractivity contribution >= 4 is 10.0 Å². The van der Waals surface area contributed by atoms with Crippen molar-refractivity contribution in [3.05, 3.63) is 53.6 Å². The Morgan fingerprint density at radius 1 is 1.28 bits per heavy atom. The van der Waals surface area contributed by atoms with Crippen LogP contribution in [0.15, 0.2) is 36.5 Å². The second-order valence-electron chi connectivity index (χ2n) is 6.81. The molecule has 1 aliphatic heterocycles. The molecule has 1 saturated carbocycles. The molecule has 6 nitrogen and oxygen atoms in total. The summed E-state index contributed by atoms with van der Waals surface area (Å²) in [4.78, 5) is 2.20. The van der Waals surface area contributed by atoms with Gasteiger partial charge < -0.3 is 0 Å². The molecule has 1 fully saturated rings. The molecule has 1 aliphatic carbocycles. The maximum Gasteiger partial charge on any atom is 0.214 e. The summed E-state index contributed by atoms with van der Waals surface area (Å²) in [5, 5.41) is 4.12. The largest absolute Gasteiger partial charge is 0.291 e. The summed E-state index contributed by atoms with van der Waals surface area (Å²) in [5.74, 6) is -0.242. The van der Waals surface area contributed by atoms with Crippen LogP contribution < -0.4 is 4.72 Å². The third-order valence-corrected chi connectivity index (χ3v) is 6.65. The van der Waals surface area contributed by atoms with Crippen molar-refractivity contribution in [1.29, 1.82) is 0 Å². The molecular weight excluding hydrogens is 343 g/mol. The molecule has 1 aromatic heterocycles. The molecular formula is C17H21FN4O2S. The number of nitrogens with one attached hydrogen (secondary N) is 1. The summed E-state index contributed by atoms with van der Waals surface area (Å²) >= 11 is 0. The van der Waals surface area contributed by atoms with E-state index in [-0.39, 0.29) is 17.1 Å². The molecule has 2 aromatic rings. The molecule has 0 radical (unpaired) electrons. The van der Waals surface area contributed by atoms with Crippen molar-refractivity contribution < 1.29 is 12.8 Å². The average Bonchev–Trinajstić information content (AvgIpc) is 3.33. The van der Waals surface area contributed by atoms with Crippen molar-refractivity contribution in [2.24, 2.45) is 0 Å². The first-order chi connectivity index (χ1) is 12.0. The molecule has 25 heavy (non-hydrogen) atoms. The number of halogens is 1. The lowest BCUT2D eigenvalue weighted by Gasteiger charge is -2.34. The normalized spacial score (nSPS) is 21.2. The fourth-order valence-corrected chi connectivity index (χ4v) is 4.76. The van der Waals surface area contributed by atoms with Crippen LogP contribution in [0.3, 0.4) is 0 Å². The number of benzene rings is 1. The number of rotatable bonds is 6. The van der Waals surface area contributed by atoms with E-state index < -0.39 is 10.0 Å². The van der Waals surface area contributed by atoms with Crippen LogP contribution in [0, 0.1) is 5.82 Å². The molecule has 8 heteroatoms. The Labute approximate surface area is 146 Å². The lowest BCUT2D eigenvalue weighted by atomic mass is 10.1. The first-order valence-corrected chi connectivity index (χ1v) is 10.0. The van der Waals surface area contributed by atoms with Crippen LogP contribution in [0.1, 0.15) is 30.1 Å². The molecule has 1 atom stereocenters. The number of nitrogens with zero attached hydrogens (tertiary/aromatic N) is 3. The van der Waals surface area contributed by atoms with E-state index in [1.54, 1.807) is 12.3 Å². The summed E-state index contributed by atoms with van der Waals surface area (Å²) < 4.78 is 42.3. The van der Waals surface area contributed by atoms with Gasteiger partial charge in [-0.15, -0.1) is 0 Å². The number of aromatic nitrogens is 2. The van der Waals surface area contributed by atoms with Gasteiger partial charge in [0.1, 0.15) is 5.82 Å². The smallest absolute Gasteiger partial charge is 0.214 e. The van der Waals surface area contributed by atoms with Gasteiger partial charge in [-0.25, -0.2) is 17.5 Å². The Bertz CT molecular complexity index is 863. The van der Waals surface area contributed by atoms with E-state index in [2.05, 4.69) is 14.7 Å². The molecule has 0 amide bonds. The summed E-state index contributed by atoms with van der Waals surface area (Å²) in [7, 11) is -3.21. The fraction of sp³-hybridized carbons (Fsp3) is 0.471. The van der Waals surface area contributed by atoms with Crippen molar-refractivity contribution in [3.63, 3.8) is 0 Å².